The van der Waals surface area contributed by atoms with Gasteiger partial charge in [0, 0.05) is 12.6 Å². The van der Waals surface area contributed by atoms with Gasteiger partial charge < -0.3 is 10.2 Å². The summed E-state index contributed by atoms with van der Waals surface area (Å²) in [6, 6.07) is 15.7. The number of carbonyl (C=O) groups excluding carboxylic acids is 2. The van der Waals surface area contributed by atoms with E-state index in [-0.39, 0.29) is 29.1 Å². The van der Waals surface area contributed by atoms with Gasteiger partial charge in [0.2, 0.25) is 11.8 Å². The molecule has 1 atom stereocenters. The van der Waals surface area contributed by atoms with Gasteiger partial charge in [-0.15, -0.1) is 0 Å². The van der Waals surface area contributed by atoms with Crippen LogP contribution in [0.25, 0.3) is 0 Å². The monoisotopic (exact) mass is 583 g/mol. The Morgan fingerprint density at radius 2 is 1.44 bits per heavy atom. The largest absolute Gasteiger partial charge is 0.352 e. The lowest BCUT2D eigenvalue weighted by Crippen LogP contribution is -2.53. The summed E-state index contributed by atoms with van der Waals surface area (Å²) < 4.78 is 55.7. The predicted molar refractivity (Wildman–Crippen MR) is 154 cm³/mol. The second kappa shape index (κ2) is 13.2. The summed E-state index contributed by atoms with van der Waals surface area (Å²) in [6.07, 6.45) is 4.88. The van der Waals surface area contributed by atoms with Crippen LogP contribution in [0.3, 0.4) is 0 Å². The van der Waals surface area contributed by atoms with E-state index in [1.807, 2.05) is 6.92 Å². The van der Waals surface area contributed by atoms with Gasteiger partial charge in [-0.3, -0.25) is 13.9 Å². The van der Waals surface area contributed by atoms with Crippen LogP contribution >= 0.6 is 0 Å². The van der Waals surface area contributed by atoms with E-state index in [0.717, 1.165) is 66.2 Å². The maximum Gasteiger partial charge on any atom is 0.264 e. The third kappa shape index (κ3) is 7.70. The van der Waals surface area contributed by atoms with Gasteiger partial charge in [-0.2, -0.15) is 0 Å². The Labute approximate surface area is 240 Å². The third-order valence-corrected chi connectivity index (χ3v) is 9.18. The summed E-state index contributed by atoms with van der Waals surface area (Å²) in [7, 11) is -4.29. The number of nitrogens with one attached hydrogen (secondary N) is 1. The molecule has 0 aliphatic heterocycles. The average Bonchev–Trinajstić information content (AvgIpc) is 2.96. The van der Waals surface area contributed by atoms with E-state index in [2.05, 4.69) is 5.32 Å². The van der Waals surface area contributed by atoms with E-state index in [0.29, 0.717) is 5.56 Å². The molecule has 0 radical (unpaired) electrons. The highest BCUT2D eigenvalue weighted by Crippen LogP contribution is 2.25. The zero-order chi connectivity index (χ0) is 29.6. The molecule has 0 unspecified atom stereocenters. The number of halogens is 2. The quantitative estimate of drug-likeness (QED) is 0.349. The first-order valence-electron chi connectivity index (χ1n) is 13.7. The predicted octanol–water partition coefficient (Wildman–Crippen LogP) is 5.33. The number of rotatable bonds is 10. The molecule has 3 aromatic carbocycles. The van der Waals surface area contributed by atoms with E-state index < -0.39 is 40.2 Å². The zero-order valence-corrected chi connectivity index (χ0v) is 24.0. The van der Waals surface area contributed by atoms with Crippen molar-refractivity contribution < 1.29 is 26.8 Å². The number of carbonyl (C=O) groups is 2. The molecule has 0 heterocycles. The third-order valence-electron chi connectivity index (χ3n) is 7.39. The highest BCUT2D eigenvalue weighted by atomic mass is 32.2. The smallest absolute Gasteiger partial charge is 0.264 e. The van der Waals surface area contributed by atoms with Crippen molar-refractivity contribution in [3.8, 4) is 0 Å². The van der Waals surface area contributed by atoms with Crippen molar-refractivity contribution in [2.45, 2.75) is 69.5 Å². The van der Waals surface area contributed by atoms with Crippen LogP contribution in [0.1, 0.15) is 50.2 Å². The molecule has 1 aliphatic rings. The van der Waals surface area contributed by atoms with Crippen molar-refractivity contribution >= 4 is 27.5 Å². The van der Waals surface area contributed by atoms with E-state index in [1.165, 1.54) is 29.2 Å². The molecule has 0 bridgehead atoms. The van der Waals surface area contributed by atoms with Crippen LogP contribution in [0.4, 0.5) is 14.5 Å². The normalized spacial score (nSPS) is 14.7. The molecule has 4 rings (SSSR count). The van der Waals surface area contributed by atoms with E-state index >= 15 is 0 Å². The van der Waals surface area contributed by atoms with Crippen LogP contribution in [-0.2, 0) is 26.2 Å². The number of nitrogens with zero attached hydrogens (tertiary/aromatic N) is 2. The van der Waals surface area contributed by atoms with Gasteiger partial charge >= 0.3 is 0 Å². The first-order valence-corrected chi connectivity index (χ1v) is 15.2. The molecule has 0 aromatic heterocycles. The Balaban J connectivity index is 1.66. The highest BCUT2D eigenvalue weighted by molar-refractivity contribution is 7.92. The molecule has 41 heavy (non-hydrogen) atoms. The molecule has 218 valence electrons. The topological polar surface area (TPSA) is 86.8 Å². The van der Waals surface area contributed by atoms with Crippen LogP contribution in [0.2, 0.25) is 0 Å². The first-order chi connectivity index (χ1) is 19.5. The summed E-state index contributed by atoms with van der Waals surface area (Å²) >= 11 is 0. The fourth-order valence-corrected chi connectivity index (χ4v) is 6.33. The Morgan fingerprint density at radius 3 is 2.02 bits per heavy atom. The number of aryl methyl sites for hydroxylation is 1. The molecular weight excluding hydrogens is 548 g/mol. The summed E-state index contributed by atoms with van der Waals surface area (Å²) in [5.41, 5.74) is 1.72. The number of hydrogen-bond acceptors (Lipinski definition) is 4. The van der Waals surface area contributed by atoms with Gasteiger partial charge in [-0.1, -0.05) is 49.1 Å². The number of hydrogen-bond donors (Lipinski definition) is 1. The van der Waals surface area contributed by atoms with Crippen LogP contribution in [-0.4, -0.2) is 43.8 Å². The molecule has 10 heteroatoms. The van der Waals surface area contributed by atoms with Crippen molar-refractivity contribution in [1.82, 2.24) is 10.2 Å². The van der Waals surface area contributed by atoms with Crippen LogP contribution in [0, 0.1) is 18.6 Å². The summed E-state index contributed by atoms with van der Waals surface area (Å²) in [4.78, 5) is 28.4. The first kappa shape index (κ1) is 30.2. The molecule has 2 amide bonds. The molecule has 1 aliphatic carbocycles. The van der Waals surface area contributed by atoms with Crippen LogP contribution in [0.15, 0.2) is 77.7 Å². The molecule has 1 saturated carbocycles. The number of anilines is 1. The van der Waals surface area contributed by atoms with Gasteiger partial charge in [-0.25, -0.2) is 17.2 Å². The molecule has 1 fully saturated rings. The molecule has 1 N–H and O–H groups in total. The van der Waals surface area contributed by atoms with Gasteiger partial charge in [0.25, 0.3) is 10.0 Å². The summed E-state index contributed by atoms with van der Waals surface area (Å²) in [5, 5.41) is 3.04. The van der Waals surface area contributed by atoms with E-state index in [1.54, 1.807) is 31.2 Å². The minimum atomic E-state index is -4.29. The maximum absolute atomic E-state index is 13.9. The zero-order valence-electron chi connectivity index (χ0n) is 23.2. The van der Waals surface area contributed by atoms with E-state index in [9.17, 15) is 26.8 Å². The van der Waals surface area contributed by atoms with Crippen molar-refractivity contribution in [1.29, 1.82) is 0 Å². The minimum absolute atomic E-state index is 0.0179. The van der Waals surface area contributed by atoms with Gasteiger partial charge in [0.15, 0.2) is 0 Å². The Bertz CT molecular complexity index is 1440. The van der Waals surface area contributed by atoms with Crippen LogP contribution < -0.4 is 9.62 Å². The van der Waals surface area contributed by atoms with E-state index in [4.69, 9.17) is 0 Å². The fourth-order valence-electron chi connectivity index (χ4n) is 4.91. The van der Waals surface area contributed by atoms with Crippen molar-refractivity contribution in [2.24, 2.45) is 0 Å². The molecule has 7 nitrogen and oxygen atoms in total. The Hall–Kier alpha value is -3.79. The lowest BCUT2D eigenvalue weighted by Gasteiger charge is -2.33. The van der Waals surface area contributed by atoms with Crippen molar-refractivity contribution in [3.63, 3.8) is 0 Å². The fraction of sp³-hybridized carbons (Fsp3) is 0.355. The van der Waals surface area contributed by atoms with Gasteiger partial charge in [0.1, 0.15) is 24.2 Å². The van der Waals surface area contributed by atoms with Crippen molar-refractivity contribution in [2.75, 3.05) is 10.8 Å². The lowest BCUT2D eigenvalue weighted by atomic mass is 9.95. The van der Waals surface area contributed by atoms with Crippen molar-refractivity contribution in [3.05, 3.63) is 95.6 Å². The molecule has 0 spiro atoms. The van der Waals surface area contributed by atoms with Crippen LogP contribution in [0.5, 0.6) is 0 Å². The Kier molecular flexibility index (Phi) is 9.75. The number of amides is 2. The second-order valence-corrected chi connectivity index (χ2v) is 12.3. The minimum Gasteiger partial charge on any atom is -0.352 e. The SMILES string of the molecule is Cc1ccc(N(CC(=O)N(Cc2ccc(F)cc2)[C@H](C)C(=O)NC2CCCCC2)S(=O)(=O)c2ccc(F)cc2)cc1. The summed E-state index contributed by atoms with van der Waals surface area (Å²) in [5.74, 6) is -1.99. The Morgan fingerprint density at radius 1 is 0.878 bits per heavy atom. The molecular formula is C31H35F2N3O4S. The maximum atomic E-state index is 13.9. The standard InChI is InChI=1S/C31H35F2N3O4S/c1-22-8-16-28(17-9-22)36(41(39,40)29-18-14-26(33)15-19-29)21-30(37)35(20-24-10-12-25(32)13-11-24)23(2)31(38)34-27-6-4-3-5-7-27/h8-19,23,27H,3-7,20-21H2,1-2H3,(H,34,38)/t23-/m1/s1. The highest BCUT2D eigenvalue weighted by Gasteiger charge is 2.33. The second-order valence-electron chi connectivity index (χ2n) is 10.5. The van der Waals surface area contributed by atoms with Gasteiger partial charge in [0.05, 0.1) is 10.6 Å². The molecule has 3 aromatic rings. The number of sulfonamides is 1. The average molecular weight is 584 g/mol. The lowest BCUT2D eigenvalue weighted by molar-refractivity contribution is -0.139. The molecule has 0 saturated heterocycles. The summed E-state index contributed by atoms with van der Waals surface area (Å²) in [6.45, 7) is 2.82. The van der Waals surface area contributed by atoms with Gasteiger partial charge in [-0.05, 0) is 80.8 Å². The number of benzene rings is 3.